The number of ether oxygens (including phenoxy) is 1. The highest BCUT2D eigenvalue weighted by Gasteiger charge is 2.24. The van der Waals surface area contributed by atoms with Gasteiger partial charge in [0.15, 0.2) is 0 Å². The average molecular weight is 459 g/mol. The van der Waals surface area contributed by atoms with Gasteiger partial charge in [-0.2, -0.15) is 4.98 Å². The van der Waals surface area contributed by atoms with Crippen molar-refractivity contribution >= 4 is 10.9 Å². The normalized spacial score (nSPS) is 12.8. The molecule has 1 aromatic carbocycles. The van der Waals surface area contributed by atoms with Crippen molar-refractivity contribution in [1.82, 2.24) is 19.5 Å². The minimum Gasteiger partial charge on any atom is -0.467 e. The van der Waals surface area contributed by atoms with Gasteiger partial charge in [0.2, 0.25) is 0 Å². The second-order valence-electron chi connectivity index (χ2n) is 10.1. The first kappa shape index (κ1) is 23.9. The summed E-state index contributed by atoms with van der Waals surface area (Å²) in [5.41, 5.74) is 7.01. The SMILES string of the molecule is CCc1cc(-n2cc(C(O)CC(C)(C)C)c3cc(-c4c(C)cccc4C)ncc32)nc(OC)n1. The van der Waals surface area contributed by atoms with E-state index in [1.807, 2.05) is 23.0 Å². The van der Waals surface area contributed by atoms with Crippen LogP contribution in [0, 0.1) is 19.3 Å². The first-order valence-electron chi connectivity index (χ1n) is 11.8. The number of rotatable bonds is 6. The van der Waals surface area contributed by atoms with Gasteiger partial charge in [-0.05, 0) is 49.3 Å². The minimum absolute atomic E-state index is 0.0240. The van der Waals surface area contributed by atoms with E-state index in [0.717, 1.165) is 39.8 Å². The molecule has 1 unspecified atom stereocenters. The molecule has 1 atom stereocenters. The van der Waals surface area contributed by atoms with Gasteiger partial charge in [-0.15, -0.1) is 0 Å². The van der Waals surface area contributed by atoms with E-state index in [0.29, 0.717) is 18.2 Å². The van der Waals surface area contributed by atoms with Crippen LogP contribution in [-0.4, -0.2) is 31.7 Å². The van der Waals surface area contributed by atoms with E-state index < -0.39 is 6.10 Å². The van der Waals surface area contributed by atoms with Crippen molar-refractivity contribution in [3.8, 4) is 23.1 Å². The third-order valence-corrected chi connectivity index (χ3v) is 6.16. The zero-order valence-corrected chi connectivity index (χ0v) is 21.2. The molecule has 178 valence electrons. The summed E-state index contributed by atoms with van der Waals surface area (Å²) >= 11 is 0. The van der Waals surface area contributed by atoms with Crippen LogP contribution >= 0.6 is 0 Å². The van der Waals surface area contributed by atoms with E-state index in [1.165, 1.54) is 11.1 Å². The number of benzene rings is 1. The van der Waals surface area contributed by atoms with Crippen molar-refractivity contribution in [2.24, 2.45) is 5.41 Å². The summed E-state index contributed by atoms with van der Waals surface area (Å²) in [5, 5.41) is 12.3. The smallest absolute Gasteiger partial charge is 0.318 e. The monoisotopic (exact) mass is 458 g/mol. The summed E-state index contributed by atoms with van der Waals surface area (Å²) in [5.74, 6) is 0.699. The molecule has 3 heterocycles. The fraction of sp³-hybridized carbons (Fsp3) is 0.393. The molecule has 1 N–H and O–H groups in total. The van der Waals surface area contributed by atoms with Gasteiger partial charge in [-0.1, -0.05) is 45.9 Å². The Kier molecular flexibility index (Phi) is 6.45. The summed E-state index contributed by atoms with van der Waals surface area (Å²) in [7, 11) is 1.57. The molecule has 34 heavy (non-hydrogen) atoms. The van der Waals surface area contributed by atoms with E-state index >= 15 is 0 Å². The van der Waals surface area contributed by atoms with E-state index in [1.54, 1.807) is 7.11 Å². The topological polar surface area (TPSA) is 73.1 Å². The van der Waals surface area contributed by atoms with Crippen molar-refractivity contribution in [1.29, 1.82) is 0 Å². The van der Waals surface area contributed by atoms with Crippen LogP contribution in [0.3, 0.4) is 0 Å². The third kappa shape index (κ3) is 4.68. The molecule has 0 fully saturated rings. The van der Waals surface area contributed by atoms with Crippen molar-refractivity contribution in [3.05, 3.63) is 65.1 Å². The molecular formula is C28H34N4O2. The van der Waals surface area contributed by atoms with Crippen LogP contribution in [0.2, 0.25) is 0 Å². The van der Waals surface area contributed by atoms with E-state index in [-0.39, 0.29) is 5.41 Å². The molecular weight excluding hydrogens is 424 g/mol. The van der Waals surface area contributed by atoms with Gasteiger partial charge >= 0.3 is 6.01 Å². The Labute approximate surface area is 201 Å². The molecule has 0 amide bonds. The molecule has 0 saturated heterocycles. The van der Waals surface area contributed by atoms with Gasteiger partial charge in [0.25, 0.3) is 0 Å². The number of fused-ring (bicyclic) bond motifs is 1. The number of hydrogen-bond acceptors (Lipinski definition) is 5. The Balaban J connectivity index is 1.97. The molecule has 6 nitrogen and oxygen atoms in total. The number of pyridine rings is 1. The van der Waals surface area contributed by atoms with Crippen LogP contribution < -0.4 is 4.74 Å². The molecule has 0 aliphatic heterocycles. The molecule has 4 aromatic rings. The predicted octanol–water partition coefficient (Wildman–Crippen LogP) is 6.14. The fourth-order valence-electron chi connectivity index (χ4n) is 4.51. The Hall–Kier alpha value is -3.25. The largest absolute Gasteiger partial charge is 0.467 e. The van der Waals surface area contributed by atoms with Crippen LogP contribution in [0.1, 0.15) is 62.6 Å². The maximum absolute atomic E-state index is 11.3. The van der Waals surface area contributed by atoms with Gasteiger partial charge in [0, 0.05) is 34.5 Å². The predicted molar refractivity (Wildman–Crippen MR) is 137 cm³/mol. The molecule has 0 bridgehead atoms. The van der Waals surface area contributed by atoms with Crippen molar-refractivity contribution in [2.45, 2.75) is 60.5 Å². The number of aliphatic hydroxyl groups excluding tert-OH is 1. The zero-order valence-electron chi connectivity index (χ0n) is 21.2. The lowest BCUT2D eigenvalue weighted by Crippen LogP contribution is -2.11. The molecule has 0 saturated carbocycles. The number of hydrogen-bond donors (Lipinski definition) is 1. The summed E-state index contributed by atoms with van der Waals surface area (Å²) in [4.78, 5) is 13.9. The molecule has 4 rings (SSSR count). The second kappa shape index (κ2) is 9.18. The van der Waals surface area contributed by atoms with Crippen LogP contribution in [0.4, 0.5) is 0 Å². The Bertz CT molecular complexity index is 1290. The van der Waals surface area contributed by atoms with Gasteiger partial charge in [-0.3, -0.25) is 9.55 Å². The standard InChI is InChI=1S/C28H34N4O2/c1-8-19-12-25(31-27(30-19)34-7)32-16-21(24(33)14-28(4,5)6)20-13-22(29-15-23(20)32)26-17(2)10-9-11-18(26)3/h9-13,15-16,24,33H,8,14H2,1-7H3. The van der Waals surface area contributed by atoms with Gasteiger partial charge < -0.3 is 9.84 Å². The number of aryl methyl sites for hydroxylation is 3. The number of aromatic nitrogens is 4. The third-order valence-electron chi connectivity index (χ3n) is 6.16. The fourth-order valence-corrected chi connectivity index (χ4v) is 4.51. The van der Waals surface area contributed by atoms with Crippen molar-refractivity contribution < 1.29 is 9.84 Å². The number of aliphatic hydroxyl groups is 1. The van der Waals surface area contributed by atoms with Crippen LogP contribution in [0.5, 0.6) is 6.01 Å². The summed E-state index contributed by atoms with van der Waals surface area (Å²) in [6.07, 6.45) is 4.65. The lowest BCUT2D eigenvalue weighted by molar-refractivity contribution is 0.123. The van der Waals surface area contributed by atoms with Crippen molar-refractivity contribution in [2.75, 3.05) is 7.11 Å². The van der Waals surface area contributed by atoms with Crippen LogP contribution in [-0.2, 0) is 6.42 Å². The lowest BCUT2D eigenvalue weighted by Gasteiger charge is -2.22. The van der Waals surface area contributed by atoms with Crippen molar-refractivity contribution in [3.63, 3.8) is 0 Å². The Morgan fingerprint density at radius 2 is 1.79 bits per heavy atom. The number of nitrogens with zero attached hydrogens (tertiary/aromatic N) is 4. The number of methoxy groups -OCH3 is 1. The quantitative estimate of drug-likeness (QED) is 0.376. The van der Waals surface area contributed by atoms with Gasteiger partial charge in [0.05, 0.1) is 30.6 Å². The molecule has 0 radical (unpaired) electrons. The zero-order chi connectivity index (χ0) is 24.6. The maximum atomic E-state index is 11.3. The molecule has 0 aliphatic carbocycles. The van der Waals surface area contributed by atoms with E-state index in [2.05, 4.69) is 75.8 Å². The van der Waals surface area contributed by atoms with E-state index in [9.17, 15) is 5.11 Å². The first-order valence-corrected chi connectivity index (χ1v) is 11.8. The van der Waals surface area contributed by atoms with Gasteiger partial charge in [-0.25, -0.2) is 4.98 Å². The van der Waals surface area contributed by atoms with Crippen LogP contribution in [0.25, 0.3) is 28.0 Å². The average Bonchev–Trinajstić information content (AvgIpc) is 3.16. The molecule has 0 spiro atoms. The first-order chi connectivity index (χ1) is 16.1. The second-order valence-corrected chi connectivity index (χ2v) is 10.1. The highest BCUT2D eigenvalue weighted by Crippen LogP contribution is 2.37. The molecule has 0 aliphatic rings. The summed E-state index contributed by atoms with van der Waals surface area (Å²) in [6.45, 7) is 12.7. The Morgan fingerprint density at radius 3 is 2.41 bits per heavy atom. The Morgan fingerprint density at radius 1 is 1.09 bits per heavy atom. The highest BCUT2D eigenvalue weighted by molar-refractivity contribution is 5.89. The lowest BCUT2D eigenvalue weighted by atomic mass is 9.87. The molecule has 3 aromatic heterocycles. The minimum atomic E-state index is -0.619. The van der Waals surface area contributed by atoms with E-state index in [4.69, 9.17) is 9.72 Å². The summed E-state index contributed by atoms with van der Waals surface area (Å²) in [6, 6.07) is 10.7. The highest BCUT2D eigenvalue weighted by atomic mass is 16.5. The molecule has 6 heteroatoms. The van der Waals surface area contributed by atoms with Gasteiger partial charge in [0.1, 0.15) is 5.82 Å². The summed E-state index contributed by atoms with van der Waals surface area (Å²) < 4.78 is 7.34. The maximum Gasteiger partial charge on any atom is 0.318 e. The van der Waals surface area contributed by atoms with Crippen LogP contribution in [0.15, 0.2) is 42.7 Å².